The van der Waals surface area contributed by atoms with E-state index in [1.807, 2.05) is 0 Å². The zero-order valence-electron chi connectivity index (χ0n) is 17.0. The summed E-state index contributed by atoms with van der Waals surface area (Å²) in [6.45, 7) is 5.34. The first-order valence-corrected chi connectivity index (χ1v) is 9.44. The fraction of sp³-hybridized carbons (Fsp3) is 0.400. The van der Waals surface area contributed by atoms with Crippen molar-refractivity contribution in [3.05, 3.63) is 53.0 Å². The van der Waals surface area contributed by atoms with E-state index < -0.39 is 35.0 Å². The highest BCUT2D eigenvalue weighted by atomic mass is 19.1. The number of carbonyl (C=O) groups excluding carboxylic acids is 2. The Bertz CT molecular complexity index is 1020. The second-order valence-electron chi connectivity index (χ2n) is 8.08. The molecule has 2 amide bonds. The molecule has 0 unspecified atom stereocenters. The van der Waals surface area contributed by atoms with Crippen molar-refractivity contribution in [2.24, 2.45) is 5.73 Å². The number of hydrogen-bond acceptors (Lipinski definition) is 6. The summed E-state index contributed by atoms with van der Waals surface area (Å²) in [6.07, 6.45) is 3.51. The van der Waals surface area contributed by atoms with Gasteiger partial charge in [-0.25, -0.2) is 9.18 Å². The van der Waals surface area contributed by atoms with Crippen LogP contribution in [0.3, 0.4) is 0 Å². The smallest absolute Gasteiger partial charge is 0.411 e. The molecule has 9 nitrogen and oxygen atoms in total. The summed E-state index contributed by atoms with van der Waals surface area (Å²) in [7, 11) is 0. The number of amides is 2. The van der Waals surface area contributed by atoms with Gasteiger partial charge in [-0.3, -0.25) is 24.0 Å². The maximum atomic E-state index is 14.6. The maximum Gasteiger partial charge on any atom is 0.411 e. The number of nitrogens with zero attached hydrogens (tertiary/aromatic N) is 3. The molecule has 1 aliphatic heterocycles. The van der Waals surface area contributed by atoms with Gasteiger partial charge in [0.15, 0.2) is 0 Å². The molecule has 1 aliphatic rings. The molecule has 0 saturated carbocycles. The van der Waals surface area contributed by atoms with Crippen LogP contribution in [0.15, 0.2) is 41.6 Å². The number of carbonyl (C=O) groups is 2. The predicted octanol–water partition coefficient (Wildman–Crippen LogP) is 1.65. The van der Waals surface area contributed by atoms with Crippen molar-refractivity contribution in [3.8, 4) is 5.69 Å². The molecule has 1 saturated heterocycles. The summed E-state index contributed by atoms with van der Waals surface area (Å²) in [5.41, 5.74) is 5.01. The van der Waals surface area contributed by atoms with Gasteiger partial charge in [-0.05, 0) is 39.3 Å². The number of anilines is 1. The van der Waals surface area contributed by atoms with Crippen LogP contribution in [0.4, 0.5) is 14.9 Å². The van der Waals surface area contributed by atoms with Gasteiger partial charge in [0.05, 0.1) is 17.6 Å². The quantitative estimate of drug-likeness (QED) is 0.784. The van der Waals surface area contributed by atoms with Crippen LogP contribution in [0.1, 0.15) is 27.2 Å². The van der Waals surface area contributed by atoms with E-state index in [2.05, 4.69) is 10.3 Å². The molecule has 1 aromatic carbocycles. The van der Waals surface area contributed by atoms with E-state index in [9.17, 15) is 18.8 Å². The number of hydrogen-bond donors (Lipinski definition) is 2. The second-order valence-corrected chi connectivity index (χ2v) is 8.08. The van der Waals surface area contributed by atoms with Crippen LogP contribution in [-0.2, 0) is 9.53 Å². The minimum Gasteiger partial charge on any atom is -0.444 e. The normalized spacial score (nSPS) is 18.9. The molecular weight excluding hydrogens is 393 g/mol. The molecule has 3 rings (SSSR count). The highest BCUT2D eigenvalue weighted by Gasteiger charge is 2.40. The predicted molar refractivity (Wildman–Crippen MR) is 108 cm³/mol. The van der Waals surface area contributed by atoms with E-state index in [0.717, 1.165) is 12.3 Å². The van der Waals surface area contributed by atoms with Gasteiger partial charge in [0.2, 0.25) is 5.91 Å². The van der Waals surface area contributed by atoms with Crippen molar-refractivity contribution in [1.29, 1.82) is 0 Å². The number of nitrogens with two attached hydrogens (primary N) is 1. The van der Waals surface area contributed by atoms with E-state index in [4.69, 9.17) is 10.5 Å². The van der Waals surface area contributed by atoms with Crippen LogP contribution in [-0.4, -0.2) is 50.7 Å². The van der Waals surface area contributed by atoms with Crippen LogP contribution in [0.25, 0.3) is 5.69 Å². The van der Waals surface area contributed by atoms with Gasteiger partial charge in [0.25, 0.3) is 5.56 Å². The van der Waals surface area contributed by atoms with Crippen molar-refractivity contribution in [2.75, 3.05) is 11.9 Å². The molecule has 160 valence electrons. The molecule has 0 bridgehead atoms. The molecule has 30 heavy (non-hydrogen) atoms. The molecule has 2 atom stereocenters. The first-order chi connectivity index (χ1) is 14.0. The van der Waals surface area contributed by atoms with E-state index in [1.54, 1.807) is 20.8 Å². The second kappa shape index (κ2) is 8.23. The topological polar surface area (TPSA) is 120 Å². The largest absolute Gasteiger partial charge is 0.444 e. The summed E-state index contributed by atoms with van der Waals surface area (Å²) in [4.78, 5) is 42.0. The minimum atomic E-state index is -0.878. The lowest BCUT2D eigenvalue weighted by Gasteiger charge is -2.28. The average Bonchev–Trinajstić information content (AvgIpc) is 3.04. The van der Waals surface area contributed by atoms with Gasteiger partial charge in [-0.2, -0.15) is 0 Å². The maximum absolute atomic E-state index is 14.6. The zero-order valence-corrected chi connectivity index (χ0v) is 17.0. The fourth-order valence-electron chi connectivity index (χ4n) is 3.17. The van der Waals surface area contributed by atoms with Gasteiger partial charge in [0, 0.05) is 31.0 Å². The lowest BCUT2D eigenvalue weighted by Crippen LogP contribution is -2.45. The number of nitrogens with one attached hydrogen (secondary N) is 1. The van der Waals surface area contributed by atoms with Crippen LogP contribution < -0.4 is 16.6 Å². The number of aromatic nitrogens is 2. The van der Waals surface area contributed by atoms with Crippen molar-refractivity contribution in [2.45, 2.75) is 44.9 Å². The van der Waals surface area contributed by atoms with E-state index in [0.29, 0.717) is 0 Å². The molecule has 2 aromatic rings. The third-order valence-electron chi connectivity index (χ3n) is 4.48. The SMILES string of the molecule is CC(C)(C)OC(=O)N1C[C@@H](N)C[C@H]1C(=O)Nc1ccc(-n2ccncc2=O)cc1F. The Balaban J connectivity index is 1.77. The Kier molecular flexibility index (Phi) is 5.88. The molecular formula is C20H24FN5O4. The Morgan fingerprint density at radius 1 is 1.33 bits per heavy atom. The number of halogens is 1. The van der Waals surface area contributed by atoms with Crippen LogP contribution in [0.5, 0.6) is 0 Å². The van der Waals surface area contributed by atoms with Gasteiger partial charge >= 0.3 is 6.09 Å². The van der Waals surface area contributed by atoms with Crippen molar-refractivity contribution in [3.63, 3.8) is 0 Å². The Morgan fingerprint density at radius 3 is 2.70 bits per heavy atom. The van der Waals surface area contributed by atoms with Crippen molar-refractivity contribution < 1.29 is 18.7 Å². The van der Waals surface area contributed by atoms with Gasteiger partial charge < -0.3 is 15.8 Å². The molecule has 10 heteroatoms. The summed E-state index contributed by atoms with van der Waals surface area (Å²) >= 11 is 0. The van der Waals surface area contributed by atoms with Crippen LogP contribution in [0, 0.1) is 5.82 Å². The Morgan fingerprint density at radius 2 is 2.07 bits per heavy atom. The number of benzene rings is 1. The molecule has 0 aliphatic carbocycles. The zero-order chi connectivity index (χ0) is 22.1. The van der Waals surface area contributed by atoms with Crippen LogP contribution >= 0.6 is 0 Å². The minimum absolute atomic E-state index is 0.0736. The summed E-state index contributed by atoms with van der Waals surface area (Å²) in [5.74, 6) is -1.29. The summed E-state index contributed by atoms with van der Waals surface area (Å²) in [5, 5.41) is 2.50. The number of ether oxygens (including phenoxy) is 1. The Labute approximate surface area is 172 Å². The number of likely N-dealkylation sites (tertiary alicyclic amines) is 1. The first-order valence-electron chi connectivity index (χ1n) is 9.44. The van der Waals surface area contributed by atoms with E-state index in [-0.39, 0.29) is 30.4 Å². The van der Waals surface area contributed by atoms with Gasteiger partial charge in [-0.1, -0.05) is 0 Å². The standard InChI is InChI=1S/C20H24FN5O4/c1-20(2,3)30-19(29)26-11-12(22)8-16(26)18(28)24-15-5-4-13(9-14(15)21)25-7-6-23-10-17(25)27/h4-7,9-10,12,16H,8,11,22H2,1-3H3,(H,24,28)/t12-,16-/m0/s1. The molecule has 1 fully saturated rings. The summed E-state index contributed by atoms with van der Waals surface area (Å²) < 4.78 is 21.2. The lowest BCUT2D eigenvalue weighted by molar-refractivity contribution is -0.120. The lowest BCUT2D eigenvalue weighted by atomic mass is 10.1. The highest BCUT2D eigenvalue weighted by Crippen LogP contribution is 2.23. The van der Waals surface area contributed by atoms with Crippen molar-refractivity contribution in [1.82, 2.24) is 14.5 Å². The van der Waals surface area contributed by atoms with Crippen molar-refractivity contribution >= 4 is 17.7 Å². The van der Waals surface area contributed by atoms with E-state index in [1.165, 1.54) is 34.0 Å². The Hall–Kier alpha value is -3.27. The molecule has 1 aromatic heterocycles. The molecule has 3 N–H and O–H groups in total. The molecule has 0 spiro atoms. The van der Waals surface area contributed by atoms with Gasteiger partial charge in [0.1, 0.15) is 17.5 Å². The third kappa shape index (κ3) is 4.82. The average molecular weight is 417 g/mol. The molecule has 0 radical (unpaired) electrons. The first kappa shape index (κ1) is 21.4. The fourth-order valence-corrected chi connectivity index (χ4v) is 3.17. The molecule has 2 heterocycles. The number of rotatable bonds is 3. The van der Waals surface area contributed by atoms with Gasteiger partial charge in [-0.15, -0.1) is 0 Å². The van der Waals surface area contributed by atoms with E-state index >= 15 is 0 Å². The third-order valence-corrected chi connectivity index (χ3v) is 4.48. The van der Waals surface area contributed by atoms with Crippen LogP contribution in [0.2, 0.25) is 0 Å². The highest BCUT2D eigenvalue weighted by molar-refractivity contribution is 5.97. The monoisotopic (exact) mass is 417 g/mol. The summed E-state index contributed by atoms with van der Waals surface area (Å²) in [6, 6.07) is 2.70.